The fourth-order valence-corrected chi connectivity index (χ4v) is 1.32. The largest absolute Gasteiger partial charge is 0.448 e. The van der Waals surface area contributed by atoms with Gasteiger partial charge in [0.05, 0.1) is 17.9 Å². The van der Waals surface area contributed by atoms with Crippen LogP contribution in [-0.4, -0.2) is 17.7 Å². The van der Waals surface area contributed by atoms with Crippen LogP contribution in [0.15, 0.2) is 35.6 Å². The lowest BCUT2D eigenvalue weighted by molar-refractivity contribution is 0.0936. The predicted octanol–water partition coefficient (Wildman–Crippen LogP) is 2.89. The molecule has 1 amide bonds. The summed E-state index contributed by atoms with van der Waals surface area (Å²) in [7, 11) is 0. The van der Waals surface area contributed by atoms with Crippen molar-refractivity contribution in [2.24, 2.45) is 5.29 Å². The molecule has 0 N–H and O–H groups in total. The lowest BCUT2D eigenvalue weighted by Gasteiger charge is -2.20. The molecule has 0 fully saturated rings. The molecule has 1 aromatic carbocycles. The van der Waals surface area contributed by atoms with Crippen LogP contribution in [-0.2, 0) is 4.74 Å². The molecular weight excluding hydrogens is 208 g/mol. The third-order valence-electron chi connectivity index (χ3n) is 2.19. The molecule has 0 saturated carbocycles. The predicted molar refractivity (Wildman–Crippen MR) is 59.5 cm³/mol. The van der Waals surface area contributed by atoms with Gasteiger partial charge in [-0.15, -0.1) is 4.91 Å². The van der Waals surface area contributed by atoms with E-state index >= 15 is 0 Å². The van der Waals surface area contributed by atoms with Crippen molar-refractivity contribution in [1.82, 2.24) is 5.01 Å². The van der Waals surface area contributed by atoms with Gasteiger partial charge in [-0.2, -0.15) is 5.01 Å². The van der Waals surface area contributed by atoms with Gasteiger partial charge in [-0.05, 0) is 19.4 Å². The van der Waals surface area contributed by atoms with Gasteiger partial charge >= 0.3 is 6.09 Å². The minimum atomic E-state index is -0.728. The van der Waals surface area contributed by atoms with Gasteiger partial charge in [0.2, 0.25) is 0 Å². The maximum Gasteiger partial charge on any atom is 0.433 e. The van der Waals surface area contributed by atoms with Gasteiger partial charge in [-0.25, -0.2) is 4.79 Å². The Morgan fingerprint density at radius 2 is 2.06 bits per heavy atom. The zero-order valence-corrected chi connectivity index (χ0v) is 9.29. The Balaban J connectivity index is 2.81. The summed E-state index contributed by atoms with van der Waals surface area (Å²) in [6.45, 7) is 3.61. The number of benzene rings is 1. The van der Waals surface area contributed by atoms with Gasteiger partial charge in [-0.1, -0.05) is 30.3 Å². The van der Waals surface area contributed by atoms with E-state index < -0.39 is 12.1 Å². The zero-order valence-electron chi connectivity index (χ0n) is 9.29. The molecule has 5 heteroatoms. The molecule has 1 rings (SSSR count). The Kier molecular flexibility index (Phi) is 4.44. The minimum Gasteiger partial charge on any atom is -0.448 e. The Hall–Kier alpha value is -1.91. The summed E-state index contributed by atoms with van der Waals surface area (Å²) in [6, 6.07) is 8.74. The molecule has 1 atom stereocenters. The van der Waals surface area contributed by atoms with E-state index in [-0.39, 0.29) is 6.61 Å². The summed E-state index contributed by atoms with van der Waals surface area (Å²) in [5, 5.41) is 3.48. The van der Waals surface area contributed by atoms with Crippen LogP contribution in [0.4, 0.5) is 4.79 Å². The summed E-state index contributed by atoms with van der Waals surface area (Å²) in [5.41, 5.74) is 0.829. The number of hydrogen-bond acceptors (Lipinski definition) is 4. The number of rotatable bonds is 4. The second-order valence-corrected chi connectivity index (χ2v) is 3.21. The molecule has 0 aromatic heterocycles. The fraction of sp³-hybridized carbons (Fsp3) is 0.364. The molecule has 5 nitrogen and oxygen atoms in total. The van der Waals surface area contributed by atoms with E-state index in [2.05, 4.69) is 5.29 Å². The number of nitroso groups, excluding NO2 is 1. The first kappa shape index (κ1) is 12.2. The normalized spacial score (nSPS) is 11.6. The van der Waals surface area contributed by atoms with E-state index in [1.807, 2.05) is 30.3 Å². The van der Waals surface area contributed by atoms with Crippen LogP contribution in [0, 0.1) is 4.91 Å². The maximum atomic E-state index is 11.4. The lowest BCUT2D eigenvalue weighted by Crippen LogP contribution is -2.28. The van der Waals surface area contributed by atoms with Gasteiger partial charge in [0.1, 0.15) is 0 Å². The lowest BCUT2D eigenvalue weighted by atomic mass is 10.1. The number of nitrogens with zero attached hydrogens (tertiary/aromatic N) is 2. The van der Waals surface area contributed by atoms with Gasteiger partial charge < -0.3 is 4.74 Å². The second-order valence-electron chi connectivity index (χ2n) is 3.21. The molecule has 0 spiro atoms. The Labute approximate surface area is 94.0 Å². The van der Waals surface area contributed by atoms with Crippen LogP contribution in [0.25, 0.3) is 0 Å². The van der Waals surface area contributed by atoms with E-state index in [4.69, 9.17) is 4.74 Å². The Morgan fingerprint density at radius 1 is 1.44 bits per heavy atom. The SMILES string of the molecule is CCOC(=O)N(N=O)[C@@H](C)c1ccccc1. The molecule has 1 aromatic rings. The summed E-state index contributed by atoms with van der Waals surface area (Å²) in [6.07, 6.45) is -0.728. The van der Waals surface area contributed by atoms with Gasteiger partial charge in [0.15, 0.2) is 0 Å². The molecule has 86 valence electrons. The van der Waals surface area contributed by atoms with Crippen LogP contribution in [0.3, 0.4) is 0 Å². The first-order valence-corrected chi connectivity index (χ1v) is 5.05. The maximum absolute atomic E-state index is 11.4. The molecular formula is C11H14N2O3. The third-order valence-corrected chi connectivity index (χ3v) is 2.19. The average molecular weight is 222 g/mol. The van der Waals surface area contributed by atoms with Gasteiger partial charge in [0, 0.05) is 0 Å². The van der Waals surface area contributed by atoms with Crippen LogP contribution < -0.4 is 0 Å². The monoisotopic (exact) mass is 222 g/mol. The standard InChI is InChI=1S/C11H14N2O3/c1-3-16-11(14)13(12-15)9(2)10-7-5-4-6-8-10/h4-9H,3H2,1-2H3/t9-/m0/s1. The van der Waals surface area contributed by atoms with Crippen LogP contribution in [0.1, 0.15) is 25.5 Å². The molecule has 0 saturated heterocycles. The highest BCUT2D eigenvalue weighted by Crippen LogP contribution is 2.20. The quantitative estimate of drug-likeness (QED) is 0.581. The van der Waals surface area contributed by atoms with Crippen molar-refractivity contribution >= 4 is 6.09 Å². The van der Waals surface area contributed by atoms with E-state index in [1.54, 1.807) is 13.8 Å². The van der Waals surface area contributed by atoms with Crippen molar-refractivity contribution in [1.29, 1.82) is 0 Å². The Morgan fingerprint density at radius 3 is 2.56 bits per heavy atom. The van der Waals surface area contributed by atoms with Gasteiger partial charge in [0.25, 0.3) is 0 Å². The molecule has 0 aliphatic rings. The zero-order chi connectivity index (χ0) is 12.0. The molecule has 0 heterocycles. The van der Waals surface area contributed by atoms with Crippen molar-refractivity contribution in [2.45, 2.75) is 19.9 Å². The summed E-state index contributed by atoms with van der Waals surface area (Å²) in [4.78, 5) is 22.0. The first-order valence-electron chi connectivity index (χ1n) is 5.05. The molecule has 0 unspecified atom stereocenters. The first-order chi connectivity index (χ1) is 7.70. The van der Waals surface area contributed by atoms with Crippen molar-refractivity contribution in [2.75, 3.05) is 6.61 Å². The summed E-state index contributed by atoms with van der Waals surface area (Å²) < 4.78 is 4.73. The topological polar surface area (TPSA) is 59.0 Å². The van der Waals surface area contributed by atoms with Crippen LogP contribution in [0.5, 0.6) is 0 Å². The fourth-order valence-electron chi connectivity index (χ4n) is 1.32. The number of hydrogen-bond donors (Lipinski definition) is 0. The van der Waals surface area contributed by atoms with E-state index in [0.717, 1.165) is 10.6 Å². The van der Waals surface area contributed by atoms with E-state index in [9.17, 15) is 9.70 Å². The highest BCUT2D eigenvalue weighted by molar-refractivity contribution is 5.67. The van der Waals surface area contributed by atoms with Crippen molar-refractivity contribution in [3.8, 4) is 0 Å². The number of carbonyl (C=O) groups is 1. The third kappa shape index (κ3) is 2.79. The van der Waals surface area contributed by atoms with E-state index in [0.29, 0.717) is 0 Å². The average Bonchev–Trinajstić information content (AvgIpc) is 2.31. The molecule has 0 aliphatic heterocycles. The van der Waals surface area contributed by atoms with Crippen molar-refractivity contribution in [3.05, 3.63) is 40.8 Å². The summed E-state index contributed by atoms with van der Waals surface area (Å²) in [5.74, 6) is 0. The molecule has 0 aliphatic carbocycles. The van der Waals surface area contributed by atoms with Crippen LogP contribution in [0.2, 0.25) is 0 Å². The summed E-state index contributed by atoms with van der Waals surface area (Å²) >= 11 is 0. The Bertz CT molecular complexity index is 354. The van der Waals surface area contributed by atoms with Crippen molar-refractivity contribution < 1.29 is 9.53 Å². The molecule has 0 bridgehead atoms. The highest BCUT2D eigenvalue weighted by Gasteiger charge is 2.23. The number of ether oxygens (including phenoxy) is 1. The minimum absolute atomic E-state index is 0.215. The number of carbonyl (C=O) groups excluding carboxylic acids is 1. The number of amides is 1. The van der Waals surface area contributed by atoms with Crippen LogP contribution >= 0.6 is 0 Å². The molecule has 16 heavy (non-hydrogen) atoms. The van der Waals surface area contributed by atoms with E-state index in [1.165, 1.54) is 0 Å². The van der Waals surface area contributed by atoms with Gasteiger partial charge in [-0.3, -0.25) is 0 Å². The second kappa shape index (κ2) is 5.85. The van der Waals surface area contributed by atoms with Crippen molar-refractivity contribution in [3.63, 3.8) is 0 Å². The smallest absolute Gasteiger partial charge is 0.433 e. The highest BCUT2D eigenvalue weighted by atomic mass is 16.6. The molecule has 0 radical (unpaired) electrons.